The van der Waals surface area contributed by atoms with Crippen molar-refractivity contribution in [1.29, 1.82) is 10.5 Å². The largest absolute Gasteiger partial charge is 0.337 e. The number of hydrogen-bond donors (Lipinski definition) is 0. The lowest BCUT2D eigenvalue weighted by atomic mass is 9.66. The van der Waals surface area contributed by atoms with E-state index in [9.17, 15) is 10.5 Å². The lowest BCUT2D eigenvalue weighted by Gasteiger charge is -2.44. The first-order valence-corrected chi connectivity index (χ1v) is 17.6. The van der Waals surface area contributed by atoms with Gasteiger partial charge in [-0.2, -0.15) is 10.5 Å². The third kappa shape index (κ3) is 4.62. The Morgan fingerprint density at radius 2 is 1.63 bits per heavy atom. The highest BCUT2D eigenvalue weighted by Gasteiger charge is 2.52. The molecule has 0 aromatic heterocycles. The molecule has 0 fully saturated rings. The van der Waals surface area contributed by atoms with Gasteiger partial charge in [-0.25, -0.2) is 0 Å². The zero-order valence-electron chi connectivity index (χ0n) is 27.8. The number of fused-ring (bicyclic) bond motifs is 5. The molecule has 0 N–H and O–H groups in total. The van der Waals surface area contributed by atoms with E-state index in [2.05, 4.69) is 138 Å². The molecular weight excluding hydrogens is 597 g/mol. The summed E-state index contributed by atoms with van der Waals surface area (Å²) in [5, 5.41) is 19.2. The van der Waals surface area contributed by atoms with Crippen LogP contribution in [-0.2, 0) is 5.41 Å². The highest BCUT2D eigenvalue weighted by Crippen LogP contribution is 2.56. The normalized spacial score (nSPS) is 27.5. The summed E-state index contributed by atoms with van der Waals surface area (Å²) in [5.41, 5.74) is 13.1. The third-order valence-electron chi connectivity index (χ3n) is 11.7. The van der Waals surface area contributed by atoms with Crippen LogP contribution in [0.4, 0.5) is 11.4 Å². The number of allylic oxidation sites excluding steroid dienone is 9. The van der Waals surface area contributed by atoms with Crippen molar-refractivity contribution >= 4 is 16.9 Å². The lowest BCUT2D eigenvalue weighted by Crippen LogP contribution is -2.47. The van der Waals surface area contributed by atoms with Gasteiger partial charge in [0.2, 0.25) is 0 Å². The Labute approximate surface area is 289 Å². The minimum atomic E-state index is -0.123. The van der Waals surface area contributed by atoms with Gasteiger partial charge in [0.25, 0.3) is 0 Å². The van der Waals surface area contributed by atoms with Crippen LogP contribution in [0.25, 0.3) is 5.57 Å². The molecule has 3 aromatic rings. The number of hydrogen-bond acceptors (Lipinski definition) is 4. The number of benzene rings is 3. The molecule has 9 rings (SSSR count). The van der Waals surface area contributed by atoms with Crippen LogP contribution in [-0.4, -0.2) is 12.1 Å². The number of nitriles is 2. The van der Waals surface area contributed by atoms with Crippen LogP contribution in [0.1, 0.15) is 72.8 Å². The van der Waals surface area contributed by atoms with Crippen LogP contribution in [0.5, 0.6) is 0 Å². The highest BCUT2D eigenvalue weighted by atomic mass is 15.2. The summed E-state index contributed by atoms with van der Waals surface area (Å²) in [6, 6.07) is 28.8. The van der Waals surface area contributed by atoms with Crippen LogP contribution >= 0.6 is 0 Å². The molecule has 2 heterocycles. The summed E-state index contributed by atoms with van der Waals surface area (Å²) in [7, 11) is 0. The molecule has 4 aliphatic carbocycles. The Balaban J connectivity index is 1.10. The SMILES string of the molecule is CC12CC=CC(c3cccc(C4=CC5=C(CC4)N(c4ccc(C#N)cc4)C4C=CC=CC54)c3)C1N(C1=CCCC=C1)c1ccc(C#N)cc12. The molecule has 0 saturated heterocycles. The summed E-state index contributed by atoms with van der Waals surface area (Å²) >= 11 is 0. The van der Waals surface area contributed by atoms with Gasteiger partial charge in [0.15, 0.2) is 0 Å². The molecule has 0 saturated carbocycles. The van der Waals surface area contributed by atoms with Gasteiger partial charge in [0.05, 0.1) is 35.3 Å². The van der Waals surface area contributed by atoms with Gasteiger partial charge in [-0.3, -0.25) is 0 Å². The highest BCUT2D eigenvalue weighted by molar-refractivity contribution is 5.76. The Morgan fingerprint density at radius 3 is 2.45 bits per heavy atom. The Hall–Kier alpha value is -5.58. The molecule has 5 atom stereocenters. The summed E-state index contributed by atoms with van der Waals surface area (Å²) < 4.78 is 0. The van der Waals surface area contributed by atoms with Gasteiger partial charge in [-0.15, -0.1) is 0 Å². The Kier molecular flexibility index (Phi) is 6.96. The Bertz CT molecular complexity index is 2180. The third-order valence-corrected chi connectivity index (χ3v) is 11.7. The van der Waals surface area contributed by atoms with Crippen molar-refractivity contribution in [3.05, 3.63) is 172 Å². The van der Waals surface area contributed by atoms with Crippen LogP contribution in [0.15, 0.2) is 144 Å². The monoisotopic (exact) mass is 634 g/mol. The first-order valence-electron chi connectivity index (χ1n) is 17.6. The number of rotatable bonds is 4. The van der Waals surface area contributed by atoms with E-state index in [0.717, 1.165) is 43.4 Å². The molecule has 2 aliphatic heterocycles. The molecule has 0 radical (unpaired) electrons. The molecule has 49 heavy (non-hydrogen) atoms. The van der Waals surface area contributed by atoms with E-state index < -0.39 is 0 Å². The average molecular weight is 635 g/mol. The predicted molar refractivity (Wildman–Crippen MR) is 198 cm³/mol. The minimum Gasteiger partial charge on any atom is -0.337 e. The molecule has 0 bridgehead atoms. The molecule has 0 spiro atoms. The fourth-order valence-electron chi connectivity index (χ4n) is 9.39. The van der Waals surface area contributed by atoms with E-state index in [1.54, 1.807) is 0 Å². The van der Waals surface area contributed by atoms with Crippen LogP contribution in [0.3, 0.4) is 0 Å². The van der Waals surface area contributed by atoms with Gasteiger partial charge in [0, 0.05) is 40.0 Å². The topological polar surface area (TPSA) is 54.1 Å². The van der Waals surface area contributed by atoms with Crippen molar-refractivity contribution in [2.75, 3.05) is 9.80 Å². The maximum absolute atomic E-state index is 9.83. The summed E-state index contributed by atoms with van der Waals surface area (Å²) in [5.74, 6) is 0.498. The minimum absolute atomic E-state index is 0.123. The van der Waals surface area contributed by atoms with Crippen LogP contribution in [0.2, 0.25) is 0 Å². The summed E-state index contributed by atoms with van der Waals surface area (Å²) in [6.45, 7) is 2.41. The number of anilines is 2. The fourth-order valence-corrected chi connectivity index (χ4v) is 9.39. The van der Waals surface area contributed by atoms with E-state index in [1.165, 1.54) is 44.9 Å². The van der Waals surface area contributed by atoms with E-state index in [4.69, 9.17) is 0 Å². The first kappa shape index (κ1) is 29.6. The molecule has 6 aliphatic rings. The quantitative estimate of drug-likeness (QED) is 0.268. The molecule has 4 nitrogen and oxygen atoms in total. The van der Waals surface area contributed by atoms with E-state index in [-0.39, 0.29) is 23.4 Å². The van der Waals surface area contributed by atoms with Gasteiger partial charge in [-0.1, -0.05) is 85.9 Å². The zero-order chi connectivity index (χ0) is 33.1. The molecule has 0 amide bonds. The summed E-state index contributed by atoms with van der Waals surface area (Å²) in [4.78, 5) is 5.08. The molecule has 238 valence electrons. The fraction of sp³-hybridized carbons (Fsp3) is 0.244. The number of nitrogens with zero attached hydrogens (tertiary/aromatic N) is 4. The zero-order valence-corrected chi connectivity index (χ0v) is 27.8. The van der Waals surface area contributed by atoms with Gasteiger partial charge in [-0.05, 0) is 108 Å². The van der Waals surface area contributed by atoms with E-state index >= 15 is 0 Å². The smallest absolute Gasteiger partial charge is 0.0991 e. The Morgan fingerprint density at radius 1 is 0.796 bits per heavy atom. The van der Waals surface area contributed by atoms with Crippen molar-refractivity contribution in [1.82, 2.24) is 0 Å². The maximum Gasteiger partial charge on any atom is 0.0991 e. The first-order chi connectivity index (χ1) is 24.1. The lowest BCUT2D eigenvalue weighted by molar-refractivity contribution is 0.357. The molecule has 4 heteroatoms. The van der Waals surface area contributed by atoms with Gasteiger partial charge in [0.1, 0.15) is 0 Å². The molecular formula is C45H38N4. The molecule has 5 unspecified atom stereocenters. The second-order valence-electron chi connectivity index (χ2n) is 14.4. The van der Waals surface area contributed by atoms with Crippen LogP contribution in [0, 0.1) is 28.6 Å². The maximum atomic E-state index is 9.83. The van der Waals surface area contributed by atoms with Gasteiger partial charge >= 0.3 is 0 Å². The van der Waals surface area contributed by atoms with Gasteiger partial charge < -0.3 is 9.80 Å². The predicted octanol–water partition coefficient (Wildman–Crippen LogP) is 9.92. The average Bonchev–Trinajstić information content (AvgIpc) is 3.64. The van der Waals surface area contributed by atoms with E-state index in [1.807, 2.05) is 18.2 Å². The second kappa shape index (κ2) is 11.5. The van der Waals surface area contributed by atoms with E-state index in [0.29, 0.717) is 11.5 Å². The van der Waals surface area contributed by atoms with Crippen molar-refractivity contribution in [2.24, 2.45) is 5.92 Å². The molecule has 3 aromatic carbocycles. The van der Waals surface area contributed by atoms with Crippen molar-refractivity contribution in [2.45, 2.75) is 62.4 Å². The van der Waals surface area contributed by atoms with Crippen molar-refractivity contribution in [3.63, 3.8) is 0 Å². The van der Waals surface area contributed by atoms with Crippen molar-refractivity contribution in [3.8, 4) is 12.1 Å². The second-order valence-corrected chi connectivity index (χ2v) is 14.4. The van der Waals surface area contributed by atoms with Crippen molar-refractivity contribution < 1.29 is 0 Å². The van der Waals surface area contributed by atoms with Crippen LogP contribution < -0.4 is 9.80 Å². The summed E-state index contributed by atoms with van der Waals surface area (Å²) in [6.07, 6.45) is 28.4. The standard InChI is InChI=1S/C45H38N4/c1-45-24-8-14-37(44(45)49(35-11-3-2-4-12-35)43-22-18-31(29-47)25-40(43)45)34-10-7-9-32(26-34)33-19-23-42-39(27-33)38-13-5-6-15-41(38)48(42)36-20-16-30(28-46)17-21-36/h3,5-18,20-22,25-27,37-38,41,44H,2,4,19,23-24H2,1H3.